The molecule has 0 heterocycles. The van der Waals surface area contributed by atoms with Gasteiger partial charge < -0.3 is 15.7 Å². The zero-order valence-electron chi connectivity index (χ0n) is 11.9. The van der Waals surface area contributed by atoms with E-state index in [1.165, 1.54) is 0 Å². The summed E-state index contributed by atoms with van der Waals surface area (Å²) in [5.41, 5.74) is 0.353. The number of hydrogen-bond acceptors (Lipinski definition) is 2. The van der Waals surface area contributed by atoms with Crippen LogP contribution in [-0.4, -0.2) is 22.6 Å². The van der Waals surface area contributed by atoms with Gasteiger partial charge >= 0.3 is 12.0 Å². The lowest BCUT2D eigenvalue weighted by molar-refractivity contribution is -0.139. The second kappa shape index (κ2) is 6.35. The SMILES string of the molecule is CC(NC(=O)NC1(CC(=O)O)CCC1)c1ccc(Cl)cc1. The lowest BCUT2D eigenvalue weighted by Gasteiger charge is -2.41. The van der Waals surface area contributed by atoms with Crippen molar-refractivity contribution in [2.24, 2.45) is 0 Å². The molecule has 1 aromatic rings. The number of carboxylic acid groups (broad SMARTS) is 1. The van der Waals surface area contributed by atoms with Gasteiger partial charge in [-0.1, -0.05) is 23.7 Å². The second-order valence-electron chi connectivity index (χ2n) is 5.58. The van der Waals surface area contributed by atoms with Gasteiger partial charge in [0.15, 0.2) is 0 Å². The van der Waals surface area contributed by atoms with Crippen molar-refractivity contribution < 1.29 is 14.7 Å². The lowest BCUT2D eigenvalue weighted by Crippen LogP contribution is -2.57. The second-order valence-corrected chi connectivity index (χ2v) is 6.01. The first kappa shape index (κ1) is 15.6. The molecule has 1 aliphatic rings. The fraction of sp³-hybridized carbons (Fsp3) is 0.467. The fourth-order valence-electron chi connectivity index (χ4n) is 2.55. The van der Waals surface area contributed by atoms with Crippen LogP contribution in [0.25, 0.3) is 0 Å². The predicted molar refractivity (Wildman–Crippen MR) is 80.4 cm³/mol. The van der Waals surface area contributed by atoms with Crippen molar-refractivity contribution >= 4 is 23.6 Å². The van der Waals surface area contributed by atoms with Crippen LogP contribution in [-0.2, 0) is 4.79 Å². The van der Waals surface area contributed by atoms with Gasteiger partial charge in [-0.15, -0.1) is 0 Å². The minimum Gasteiger partial charge on any atom is -0.481 e. The molecule has 5 nitrogen and oxygen atoms in total. The summed E-state index contributed by atoms with van der Waals surface area (Å²) in [5.74, 6) is -0.888. The van der Waals surface area contributed by atoms with E-state index in [1.54, 1.807) is 12.1 Å². The third-order valence-corrected chi connectivity index (χ3v) is 4.15. The largest absolute Gasteiger partial charge is 0.481 e. The number of carboxylic acids is 1. The number of carbonyl (C=O) groups is 2. The summed E-state index contributed by atoms with van der Waals surface area (Å²) < 4.78 is 0. The molecule has 0 bridgehead atoms. The molecule has 1 aliphatic carbocycles. The van der Waals surface area contributed by atoms with Gasteiger partial charge in [-0.2, -0.15) is 0 Å². The highest BCUT2D eigenvalue weighted by Gasteiger charge is 2.40. The van der Waals surface area contributed by atoms with Gasteiger partial charge in [-0.3, -0.25) is 4.79 Å². The first-order valence-electron chi connectivity index (χ1n) is 6.96. The molecule has 3 N–H and O–H groups in total. The van der Waals surface area contributed by atoms with Crippen molar-refractivity contribution in [3.05, 3.63) is 34.9 Å². The molecular weight excluding hydrogens is 292 g/mol. The van der Waals surface area contributed by atoms with E-state index in [0.29, 0.717) is 17.9 Å². The number of amides is 2. The van der Waals surface area contributed by atoms with Gasteiger partial charge in [-0.05, 0) is 43.9 Å². The van der Waals surface area contributed by atoms with E-state index in [2.05, 4.69) is 10.6 Å². The molecule has 2 amide bonds. The van der Waals surface area contributed by atoms with Crippen LogP contribution in [0, 0.1) is 0 Å². The summed E-state index contributed by atoms with van der Waals surface area (Å²) in [6, 6.07) is 6.73. The van der Waals surface area contributed by atoms with Gasteiger partial charge in [-0.25, -0.2) is 4.79 Å². The van der Waals surface area contributed by atoms with Crippen molar-refractivity contribution in [3.8, 4) is 0 Å². The van der Waals surface area contributed by atoms with E-state index in [4.69, 9.17) is 16.7 Å². The minimum atomic E-state index is -0.888. The van der Waals surface area contributed by atoms with Crippen LogP contribution in [0.3, 0.4) is 0 Å². The van der Waals surface area contributed by atoms with Gasteiger partial charge in [0.1, 0.15) is 0 Å². The molecule has 1 saturated carbocycles. The molecule has 1 aromatic carbocycles. The summed E-state index contributed by atoms with van der Waals surface area (Å²) in [6.07, 6.45) is 2.33. The Hall–Kier alpha value is -1.75. The number of urea groups is 1. The third kappa shape index (κ3) is 4.11. The highest BCUT2D eigenvalue weighted by molar-refractivity contribution is 6.30. The number of carbonyl (C=O) groups excluding carboxylic acids is 1. The first-order valence-corrected chi connectivity index (χ1v) is 7.34. The molecular formula is C15H19ClN2O3. The summed E-state index contributed by atoms with van der Waals surface area (Å²) in [7, 11) is 0. The van der Waals surface area contributed by atoms with Crippen LogP contribution in [0.2, 0.25) is 5.02 Å². The fourth-order valence-corrected chi connectivity index (χ4v) is 2.67. The first-order chi connectivity index (χ1) is 9.90. The van der Waals surface area contributed by atoms with Gasteiger partial charge in [0.2, 0.25) is 0 Å². The number of nitrogens with one attached hydrogen (secondary N) is 2. The van der Waals surface area contributed by atoms with Crippen LogP contribution < -0.4 is 10.6 Å². The Kier molecular flexibility index (Phi) is 4.73. The van der Waals surface area contributed by atoms with Crippen molar-refractivity contribution in [3.63, 3.8) is 0 Å². The van der Waals surface area contributed by atoms with Crippen molar-refractivity contribution in [1.82, 2.24) is 10.6 Å². The molecule has 0 radical (unpaired) electrons. The van der Waals surface area contributed by atoms with Crippen LogP contribution in [0.4, 0.5) is 4.79 Å². The van der Waals surface area contributed by atoms with E-state index < -0.39 is 11.5 Å². The Bertz CT molecular complexity index is 526. The molecule has 1 fully saturated rings. The molecule has 1 unspecified atom stereocenters. The van der Waals surface area contributed by atoms with Crippen molar-refractivity contribution in [1.29, 1.82) is 0 Å². The number of benzene rings is 1. The number of aliphatic carboxylic acids is 1. The average Bonchev–Trinajstić information content (AvgIpc) is 2.36. The van der Waals surface area contributed by atoms with Gasteiger partial charge in [0.05, 0.1) is 18.0 Å². The highest BCUT2D eigenvalue weighted by Crippen LogP contribution is 2.34. The Balaban J connectivity index is 1.91. The Morgan fingerprint density at radius 1 is 1.33 bits per heavy atom. The van der Waals surface area contributed by atoms with Gasteiger partial charge in [0, 0.05) is 5.02 Å². The van der Waals surface area contributed by atoms with Crippen molar-refractivity contribution in [2.75, 3.05) is 0 Å². The van der Waals surface area contributed by atoms with Crippen LogP contribution >= 0.6 is 11.6 Å². The van der Waals surface area contributed by atoms with E-state index in [-0.39, 0.29) is 18.5 Å². The van der Waals surface area contributed by atoms with E-state index in [9.17, 15) is 9.59 Å². The molecule has 0 aliphatic heterocycles. The monoisotopic (exact) mass is 310 g/mol. The molecule has 0 spiro atoms. The Labute approximate surface area is 128 Å². The van der Waals surface area contributed by atoms with Gasteiger partial charge in [0.25, 0.3) is 0 Å². The maximum Gasteiger partial charge on any atom is 0.315 e. The van der Waals surface area contributed by atoms with E-state index >= 15 is 0 Å². The summed E-state index contributed by atoms with van der Waals surface area (Å²) >= 11 is 5.83. The molecule has 6 heteroatoms. The third-order valence-electron chi connectivity index (χ3n) is 3.90. The molecule has 114 valence electrons. The van der Waals surface area contributed by atoms with Crippen molar-refractivity contribution in [2.45, 2.75) is 44.2 Å². The van der Waals surface area contributed by atoms with Crippen LogP contribution in [0.15, 0.2) is 24.3 Å². The maximum atomic E-state index is 12.0. The molecule has 1 atom stereocenters. The quantitative estimate of drug-likeness (QED) is 0.782. The normalized spacial score (nSPS) is 17.4. The number of halogens is 1. The molecule has 21 heavy (non-hydrogen) atoms. The van der Waals surface area contributed by atoms with E-state index in [1.807, 2.05) is 19.1 Å². The Morgan fingerprint density at radius 3 is 2.43 bits per heavy atom. The van der Waals surface area contributed by atoms with Crippen LogP contribution in [0.5, 0.6) is 0 Å². The standard InChI is InChI=1S/C15H19ClN2O3/c1-10(11-3-5-12(16)6-4-11)17-14(21)18-15(7-2-8-15)9-13(19)20/h3-6,10H,2,7-9H2,1H3,(H,19,20)(H2,17,18,21). The predicted octanol–water partition coefficient (Wildman–Crippen LogP) is 3.10. The molecule has 0 saturated heterocycles. The lowest BCUT2D eigenvalue weighted by atomic mass is 9.74. The molecule has 2 rings (SSSR count). The molecule has 0 aromatic heterocycles. The Morgan fingerprint density at radius 2 is 1.95 bits per heavy atom. The number of rotatable bonds is 5. The smallest absolute Gasteiger partial charge is 0.315 e. The summed E-state index contributed by atoms with van der Waals surface area (Å²) in [4.78, 5) is 22.9. The zero-order valence-corrected chi connectivity index (χ0v) is 12.6. The summed E-state index contributed by atoms with van der Waals surface area (Å²) in [5, 5.41) is 15.2. The average molecular weight is 311 g/mol. The summed E-state index contributed by atoms with van der Waals surface area (Å²) in [6.45, 7) is 1.87. The highest BCUT2D eigenvalue weighted by atomic mass is 35.5. The number of hydrogen-bond donors (Lipinski definition) is 3. The van der Waals surface area contributed by atoms with Crippen LogP contribution in [0.1, 0.15) is 44.2 Å². The topological polar surface area (TPSA) is 78.4 Å². The zero-order chi connectivity index (χ0) is 15.5. The van der Waals surface area contributed by atoms with E-state index in [0.717, 1.165) is 12.0 Å². The minimum absolute atomic E-state index is 0.0320. The maximum absolute atomic E-state index is 12.0.